The zero-order valence-electron chi connectivity index (χ0n) is 8.87. The molecule has 0 aromatic heterocycles. The quantitative estimate of drug-likeness (QED) is 0.669. The van der Waals surface area contributed by atoms with Crippen LogP contribution in [0.4, 0.5) is 0 Å². The lowest BCUT2D eigenvalue weighted by atomic mass is 10.1. The van der Waals surface area contributed by atoms with Gasteiger partial charge in [-0.1, -0.05) is 0 Å². The fraction of sp³-hybridized carbons (Fsp3) is 1.00. The van der Waals surface area contributed by atoms with Crippen LogP contribution in [-0.4, -0.2) is 55.8 Å². The molecule has 0 bridgehead atoms. The summed E-state index contributed by atoms with van der Waals surface area (Å²) >= 11 is 4.23. The summed E-state index contributed by atoms with van der Waals surface area (Å²) in [5.41, 5.74) is 0. The van der Waals surface area contributed by atoms with E-state index in [0.717, 1.165) is 18.2 Å². The van der Waals surface area contributed by atoms with Gasteiger partial charge in [0.05, 0.1) is 0 Å². The lowest BCUT2D eigenvalue weighted by molar-refractivity contribution is 0.310. The fourth-order valence-corrected chi connectivity index (χ4v) is 2.29. The minimum absolute atomic E-state index is 0.937. The van der Waals surface area contributed by atoms with Crippen molar-refractivity contribution in [3.63, 3.8) is 0 Å². The van der Waals surface area contributed by atoms with Crippen molar-refractivity contribution in [2.24, 2.45) is 5.92 Å². The third-order valence-electron chi connectivity index (χ3n) is 2.89. The Kier molecular flexibility index (Phi) is 5.14. The van der Waals surface area contributed by atoms with E-state index in [9.17, 15) is 0 Å². The Labute approximate surface area is 87.7 Å². The van der Waals surface area contributed by atoms with Crippen molar-refractivity contribution >= 4 is 12.6 Å². The molecule has 0 radical (unpaired) electrons. The van der Waals surface area contributed by atoms with Gasteiger partial charge in [-0.05, 0) is 45.9 Å². The van der Waals surface area contributed by atoms with Gasteiger partial charge in [0.1, 0.15) is 0 Å². The molecule has 0 N–H and O–H groups in total. The average Bonchev–Trinajstić information content (AvgIpc) is 2.49. The van der Waals surface area contributed by atoms with E-state index in [1.54, 1.807) is 0 Å². The number of rotatable bonds is 5. The number of thiol groups is 1. The number of likely N-dealkylation sites (tertiary alicyclic amines) is 1. The first kappa shape index (κ1) is 11.3. The SMILES string of the molecule is CN(CCS)CCC1CCN(C)C1. The highest BCUT2D eigenvalue weighted by molar-refractivity contribution is 7.80. The molecular formula is C10H22N2S. The molecule has 1 aliphatic rings. The normalized spacial score (nSPS) is 24.5. The summed E-state index contributed by atoms with van der Waals surface area (Å²) in [7, 11) is 4.41. The predicted octanol–water partition coefficient (Wildman–Crippen LogP) is 1.19. The second-order valence-corrected chi connectivity index (χ2v) is 4.68. The number of hydrogen-bond acceptors (Lipinski definition) is 3. The Balaban J connectivity index is 2.05. The first-order valence-electron chi connectivity index (χ1n) is 5.20. The molecule has 0 aromatic rings. The largest absolute Gasteiger partial charge is 0.306 e. The Bertz CT molecular complexity index is 141. The van der Waals surface area contributed by atoms with Crippen LogP contribution in [-0.2, 0) is 0 Å². The highest BCUT2D eigenvalue weighted by Crippen LogP contribution is 2.17. The van der Waals surface area contributed by atoms with Crippen LogP contribution in [0.1, 0.15) is 12.8 Å². The first-order chi connectivity index (χ1) is 6.22. The second-order valence-electron chi connectivity index (χ2n) is 4.23. The minimum atomic E-state index is 0.937. The molecule has 0 spiro atoms. The van der Waals surface area contributed by atoms with Crippen molar-refractivity contribution in [3.05, 3.63) is 0 Å². The summed E-state index contributed by atoms with van der Waals surface area (Å²) in [5, 5.41) is 0. The van der Waals surface area contributed by atoms with Gasteiger partial charge in [-0.25, -0.2) is 0 Å². The molecule has 1 heterocycles. The van der Waals surface area contributed by atoms with E-state index in [1.165, 1.54) is 32.5 Å². The van der Waals surface area contributed by atoms with E-state index in [0.29, 0.717) is 0 Å². The van der Waals surface area contributed by atoms with Crippen molar-refractivity contribution in [1.29, 1.82) is 0 Å². The first-order valence-corrected chi connectivity index (χ1v) is 5.83. The van der Waals surface area contributed by atoms with Gasteiger partial charge in [-0.2, -0.15) is 12.6 Å². The Morgan fingerprint density at radius 1 is 1.46 bits per heavy atom. The van der Waals surface area contributed by atoms with Crippen LogP contribution in [0.5, 0.6) is 0 Å². The van der Waals surface area contributed by atoms with Gasteiger partial charge in [0, 0.05) is 18.8 Å². The predicted molar refractivity (Wildman–Crippen MR) is 61.6 cm³/mol. The van der Waals surface area contributed by atoms with Gasteiger partial charge in [0.2, 0.25) is 0 Å². The van der Waals surface area contributed by atoms with Crippen LogP contribution in [0.15, 0.2) is 0 Å². The van der Waals surface area contributed by atoms with E-state index in [4.69, 9.17) is 0 Å². The van der Waals surface area contributed by atoms with Crippen molar-refractivity contribution in [2.45, 2.75) is 12.8 Å². The van der Waals surface area contributed by atoms with Crippen LogP contribution < -0.4 is 0 Å². The van der Waals surface area contributed by atoms with Gasteiger partial charge in [0.15, 0.2) is 0 Å². The topological polar surface area (TPSA) is 6.48 Å². The molecule has 13 heavy (non-hydrogen) atoms. The molecule has 1 aliphatic heterocycles. The molecule has 0 amide bonds. The van der Waals surface area contributed by atoms with E-state index in [-0.39, 0.29) is 0 Å². The molecular weight excluding hydrogens is 180 g/mol. The molecule has 1 fully saturated rings. The summed E-state index contributed by atoms with van der Waals surface area (Å²) in [6.07, 6.45) is 2.75. The molecule has 78 valence electrons. The van der Waals surface area contributed by atoms with E-state index >= 15 is 0 Å². The third kappa shape index (κ3) is 4.34. The summed E-state index contributed by atoms with van der Waals surface area (Å²) in [6.45, 7) is 4.94. The second kappa shape index (κ2) is 5.89. The maximum absolute atomic E-state index is 4.23. The van der Waals surface area contributed by atoms with Gasteiger partial charge >= 0.3 is 0 Å². The average molecular weight is 202 g/mol. The van der Waals surface area contributed by atoms with Gasteiger partial charge in [-0.15, -0.1) is 0 Å². The van der Waals surface area contributed by atoms with Crippen LogP contribution in [0.25, 0.3) is 0 Å². The highest BCUT2D eigenvalue weighted by Gasteiger charge is 2.18. The third-order valence-corrected chi connectivity index (χ3v) is 3.09. The lowest BCUT2D eigenvalue weighted by Gasteiger charge is -2.17. The summed E-state index contributed by atoms with van der Waals surface area (Å²) < 4.78 is 0. The minimum Gasteiger partial charge on any atom is -0.306 e. The monoisotopic (exact) mass is 202 g/mol. The van der Waals surface area contributed by atoms with Crippen molar-refractivity contribution in [1.82, 2.24) is 9.80 Å². The molecule has 0 saturated carbocycles. The molecule has 3 heteroatoms. The molecule has 0 aromatic carbocycles. The maximum atomic E-state index is 4.23. The van der Waals surface area contributed by atoms with Crippen molar-refractivity contribution in [2.75, 3.05) is 46.0 Å². The summed E-state index contributed by atoms with van der Waals surface area (Å²) in [6, 6.07) is 0. The molecule has 1 saturated heterocycles. The van der Waals surface area contributed by atoms with Gasteiger partial charge in [-0.3, -0.25) is 0 Å². The van der Waals surface area contributed by atoms with E-state index < -0.39 is 0 Å². The summed E-state index contributed by atoms with van der Waals surface area (Å²) in [5.74, 6) is 1.91. The van der Waals surface area contributed by atoms with Crippen LogP contribution in [0.2, 0.25) is 0 Å². The Hall–Kier alpha value is 0.270. The lowest BCUT2D eigenvalue weighted by Crippen LogP contribution is -2.24. The zero-order valence-corrected chi connectivity index (χ0v) is 9.76. The van der Waals surface area contributed by atoms with Crippen LogP contribution in [0, 0.1) is 5.92 Å². The van der Waals surface area contributed by atoms with Gasteiger partial charge in [0.25, 0.3) is 0 Å². The molecule has 2 nitrogen and oxygen atoms in total. The number of nitrogens with zero attached hydrogens (tertiary/aromatic N) is 2. The Morgan fingerprint density at radius 3 is 2.77 bits per heavy atom. The molecule has 0 aliphatic carbocycles. The standard InChI is InChI=1S/C10H22N2S/c1-11(7-8-13)5-3-10-4-6-12(2)9-10/h10,13H,3-9H2,1-2H3. The van der Waals surface area contributed by atoms with E-state index in [1.807, 2.05) is 0 Å². The maximum Gasteiger partial charge on any atom is 0.00668 e. The van der Waals surface area contributed by atoms with Crippen LogP contribution >= 0.6 is 12.6 Å². The van der Waals surface area contributed by atoms with Crippen molar-refractivity contribution < 1.29 is 0 Å². The molecule has 1 rings (SSSR count). The fourth-order valence-electron chi connectivity index (χ4n) is 1.95. The zero-order chi connectivity index (χ0) is 9.68. The van der Waals surface area contributed by atoms with Crippen molar-refractivity contribution in [3.8, 4) is 0 Å². The molecule has 1 atom stereocenters. The van der Waals surface area contributed by atoms with Gasteiger partial charge < -0.3 is 9.80 Å². The van der Waals surface area contributed by atoms with E-state index in [2.05, 4.69) is 36.5 Å². The Morgan fingerprint density at radius 2 is 2.23 bits per heavy atom. The highest BCUT2D eigenvalue weighted by atomic mass is 32.1. The van der Waals surface area contributed by atoms with Crippen LogP contribution in [0.3, 0.4) is 0 Å². The molecule has 1 unspecified atom stereocenters. The summed E-state index contributed by atoms with van der Waals surface area (Å²) in [4.78, 5) is 4.81. The number of hydrogen-bond donors (Lipinski definition) is 1. The smallest absolute Gasteiger partial charge is 0.00668 e.